The second kappa shape index (κ2) is 11.8. The number of halogens is 6. The molecule has 0 unspecified atom stereocenters. The molecule has 0 aliphatic heterocycles. The maximum absolute atomic E-state index is 12.8. The van der Waals surface area contributed by atoms with Crippen LogP contribution < -0.4 is 9.64 Å². The van der Waals surface area contributed by atoms with Gasteiger partial charge in [-0.15, -0.1) is 11.3 Å². The van der Waals surface area contributed by atoms with Crippen molar-refractivity contribution in [2.45, 2.75) is 32.5 Å². The van der Waals surface area contributed by atoms with E-state index in [9.17, 15) is 13.2 Å². The predicted octanol–water partition coefficient (Wildman–Crippen LogP) is 7.91. The summed E-state index contributed by atoms with van der Waals surface area (Å²) < 4.78 is 44.5. The van der Waals surface area contributed by atoms with Crippen molar-refractivity contribution in [3.05, 3.63) is 85.3 Å². The molecule has 3 aromatic heterocycles. The summed E-state index contributed by atoms with van der Waals surface area (Å²) >= 11 is 19.9. The van der Waals surface area contributed by atoms with Gasteiger partial charge in [-0.1, -0.05) is 53.9 Å². The van der Waals surface area contributed by atoms with Crippen LogP contribution in [0.3, 0.4) is 0 Å². The number of anilines is 1. The first-order chi connectivity index (χ1) is 17.6. The molecule has 1 aromatic carbocycles. The highest BCUT2D eigenvalue weighted by molar-refractivity contribution is 7.15. The number of aryl methyl sites for hydroxylation is 1. The van der Waals surface area contributed by atoms with Gasteiger partial charge in [0.2, 0.25) is 5.88 Å². The van der Waals surface area contributed by atoms with Crippen LogP contribution in [0, 0.1) is 0 Å². The van der Waals surface area contributed by atoms with Crippen molar-refractivity contribution < 1.29 is 17.9 Å². The average Bonchev–Trinajstić information content (AvgIpc) is 3.28. The minimum absolute atomic E-state index is 0.109. The van der Waals surface area contributed by atoms with Crippen LogP contribution in [0.15, 0.2) is 49.1 Å². The topological polar surface area (TPSA) is 64.0 Å². The van der Waals surface area contributed by atoms with Gasteiger partial charge in [-0.2, -0.15) is 13.2 Å². The second-order valence-electron chi connectivity index (χ2n) is 7.82. The second-order valence-corrected chi connectivity index (χ2v) is 10.3. The molecule has 0 bridgehead atoms. The van der Waals surface area contributed by atoms with E-state index in [0.29, 0.717) is 53.2 Å². The summed E-state index contributed by atoms with van der Waals surface area (Å²) in [6.07, 6.45) is 0.692. The molecule has 0 atom stereocenters. The van der Waals surface area contributed by atoms with Crippen LogP contribution in [0.5, 0.6) is 11.6 Å². The van der Waals surface area contributed by atoms with Crippen molar-refractivity contribution in [3.63, 3.8) is 0 Å². The summed E-state index contributed by atoms with van der Waals surface area (Å²) in [6.45, 7) is 3.08. The molecule has 0 aliphatic rings. The van der Waals surface area contributed by atoms with Crippen molar-refractivity contribution in [1.82, 2.24) is 19.9 Å². The number of hydrogen-bond donors (Lipinski definition) is 0. The number of hydrogen-bond acceptors (Lipinski definition) is 7. The monoisotopic (exact) mass is 587 g/mol. The molecule has 0 saturated carbocycles. The lowest BCUT2D eigenvalue weighted by Gasteiger charge is -2.24. The van der Waals surface area contributed by atoms with Crippen LogP contribution in [0.1, 0.15) is 28.6 Å². The standard InChI is InChI=1S/C24H19Cl3F3N5OS/c1-2-19-20(26)21(34-13-33-19)35(12-17-11-32-23(27)37-17)8-7-14-3-5-16(6-4-14)36-22-18(25)9-15(10-31-22)24(28,29)30/h3-6,9-11,13H,2,7-8,12H2,1H3. The lowest BCUT2D eigenvalue weighted by molar-refractivity contribution is -0.137. The van der Waals surface area contributed by atoms with Gasteiger partial charge in [-0.05, 0) is 36.6 Å². The van der Waals surface area contributed by atoms with Gasteiger partial charge < -0.3 is 9.64 Å². The Labute approximate surface area is 230 Å². The molecule has 37 heavy (non-hydrogen) atoms. The van der Waals surface area contributed by atoms with Crippen LogP contribution >= 0.6 is 46.1 Å². The number of alkyl halides is 3. The quantitative estimate of drug-likeness (QED) is 0.198. The molecule has 4 rings (SSSR count). The van der Waals surface area contributed by atoms with Crippen molar-refractivity contribution in [3.8, 4) is 11.6 Å². The predicted molar refractivity (Wildman–Crippen MR) is 139 cm³/mol. The van der Waals surface area contributed by atoms with E-state index in [1.165, 1.54) is 17.7 Å². The number of nitrogens with zero attached hydrogens (tertiary/aromatic N) is 5. The summed E-state index contributed by atoms with van der Waals surface area (Å²) in [5.41, 5.74) is 0.809. The van der Waals surface area contributed by atoms with E-state index in [-0.39, 0.29) is 10.9 Å². The maximum atomic E-state index is 12.8. The van der Waals surface area contributed by atoms with Crippen LogP contribution in [-0.2, 0) is 25.6 Å². The van der Waals surface area contributed by atoms with E-state index < -0.39 is 11.7 Å². The van der Waals surface area contributed by atoms with Gasteiger partial charge in [0.15, 0.2) is 10.3 Å². The van der Waals surface area contributed by atoms with E-state index in [2.05, 4.69) is 19.9 Å². The number of pyridine rings is 1. The lowest BCUT2D eigenvalue weighted by atomic mass is 10.1. The molecular formula is C24H19Cl3F3N5OS. The van der Waals surface area contributed by atoms with Crippen molar-refractivity contribution >= 4 is 52.0 Å². The van der Waals surface area contributed by atoms with Gasteiger partial charge in [-0.3, -0.25) is 0 Å². The van der Waals surface area contributed by atoms with E-state index in [1.807, 2.05) is 24.0 Å². The SMILES string of the molecule is CCc1ncnc(N(CCc2ccc(Oc3ncc(C(F)(F)F)cc3Cl)cc2)Cc2cnc(Cl)s2)c1Cl. The Kier molecular flexibility index (Phi) is 8.74. The number of rotatable bonds is 9. The molecule has 0 spiro atoms. The molecule has 0 aliphatic carbocycles. The first kappa shape index (κ1) is 27.4. The van der Waals surface area contributed by atoms with Gasteiger partial charge >= 0.3 is 6.18 Å². The zero-order valence-corrected chi connectivity index (χ0v) is 22.4. The Morgan fingerprint density at radius 2 is 1.76 bits per heavy atom. The van der Waals surface area contributed by atoms with Gasteiger partial charge in [0.05, 0.1) is 17.8 Å². The van der Waals surface area contributed by atoms with Crippen LogP contribution in [0.25, 0.3) is 0 Å². The Hall–Kier alpha value is -2.66. The zero-order valence-electron chi connectivity index (χ0n) is 19.3. The maximum Gasteiger partial charge on any atom is 0.417 e. The number of aromatic nitrogens is 4. The first-order valence-corrected chi connectivity index (χ1v) is 12.9. The molecule has 0 amide bonds. The third kappa shape index (κ3) is 7.01. The molecule has 194 valence electrons. The van der Waals surface area contributed by atoms with Gasteiger partial charge in [0.1, 0.15) is 22.1 Å². The summed E-state index contributed by atoms with van der Waals surface area (Å²) in [7, 11) is 0. The van der Waals surface area contributed by atoms with Crippen LogP contribution in [-0.4, -0.2) is 26.5 Å². The van der Waals surface area contributed by atoms with E-state index in [4.69, 9.17) is 39.5 Å². The fourth-order valence-corrected chi connectivity index (χ4v) is 4.97. The fraction of sp³-hybridized carbons (Fsp3) is 0.250. The number of thiazole rings is 1. The lowest BCUT2D eigenvalue weighted by Crippen LogP contribution is -2.26. The van der Waals surface area contributed by atoms with Crippen LogP contribution in [0.2, 0.25) is 14.5 Å². The van der Waals surface area contributed by atoms with Crippen molar-refractivity contribution in [2.75, 3.05) is 11.4 Å². The average molecular weight is 589 g/mol. The van der Waals surface area contributed by atoms with E-state index in [0.717, 1.165) is 22.2 Å². The van der Waals surface area contributed by atoms with Crippen LogP contribution in [0.4, 0.5) is 19.0 Å². The third-order valence-corrected chi connectivity index (χ3v) is 7.05. The Bertz CT molecular complexity index is 1370. The molecule has 13 heteroatoms. The smallest absolute Gasteiger partial charge is 0.417 e. The van der Waals surface area contributed by atoms with E-state index in [1.54, 1.807) is 18.3 Å². The highest BCUT2D eigenvalue weighted by Gasteiger charge is 2.31. The fourth-order valence-electron chi connectivity index (χ4n) is 3.42. The van der Waals surface area contributed by atoms with Crippen molar-refractivity contribution in [1.29, 1.82) is 0 Å². The third-order valence-electron chi connectivity index (χ3n) is 5.29. The molecular weight excluding hydrogens is 570 g/mol. The molecule has 0 N–H and O–H groups in total. The zero-order chi connectivity index (χ0) is 26.6. The molecule has 0 fully saturated rings. The first-order valence-electron chi connectivity index (χ1n) is 11.0. The molecule has 6 nitrogen and oxygen atoms in total. The van der Waals surface area contributed by atoms with Crippen molar-refractivity contribution in [2.24, 2.45) is 0 Å². The molecule has 3 heterocycles. The number of ether oxygens (including phenoxy) is 1. The minimum Gasteiger partial charge on any atom is -0.438 e. The normalized spacial score (nSPS) is 11.5. The largest absolute Gasteiger partial charge is 0.438 e. The minimum atomic E-state index is -4.54. The summed E-state index contributed by atoms with van der Waals surface area (Å²) in [5.74, 6) is 0.906. The molecule has 4 aromatic rings. The highest BCUT2D eigenvalue weighted by Crippen LogP contribution is 2.35. The Balaban J connectivity index is 1.47. The molecule has 0 radical (unpaired) electrons. The molecule has 0 saturated heterocycles. The Morgan fingerprint density at radius 3 is 2.38 bits per heavy atom. The Morgan fingerprint density at radius 1 is 1.00 bits per heavy atom. The van der Waals surface area contributed by atoms with Gasteiger partial charge in [0, 0.05) is 23.8 Å². The van der Waals surface area contributed by atoms with Gasteiger partial charge in [-0.25, -0.2) is 19.9 Å². The number of benzene rings is 1. The van der Waals surface area contributed by atoms with Gasteiger partial charge in [0.25, 0.3) is 0 Å². The summed E-state index contributed by atoms with van der Waals surface area (Å²) in [5, 5.41) is 0.274. The summed E-state index contributed by atoms with van der Waals surface area (Å²) in [4.78, 5) is 19.5. The summed E-state index contributed by atoms with van der Waals surface area (Å²) in [6, 6.07) is 7.89. The highest BCUT2D eigenvalue weighted by atomic mass is 35.5. The van der Waals surface area contributed by atoms with E-state index >= 15 is 0 Å².